The molecule has 1 N–H and O–H groups in total. The van der Waals surface area contributed by atoms with Crippen LogP contribution in [-0.2, 0) is 23.9 Å². The first kappa shape index (κ1) is 25.9. The van der Waals surface area contributed by atoms with Crippen LogP contribution in [0.3, 0.4) is 0 Å². The van der Waals surface area contributed by atoms with Gasteiger partial charge in [0.15, 0.2) is 0 Å². The quantitative estimate of drug-likeness (QED) is 0.550. The molecule has 2 aromatic rings. The van der Waals surface area contributed by atoms with Gasteiger partial charge in [-0.05, 0) is 43.4 Å². The van der Waals surface area contributed by atoms with Crippen molar-refractivity contribution in [3.63, 3.8) is 0 Å². The van der Waals surface area contributed by atoms with Crippen LogP contribution in [-0.4, -0.2) is 42.9 Å². The second kappa shape index (κ2) is 9.50. The minimum absolute atomic E-state index is 0.0145. The monoisotopic (exact) mass is 487 g/mol. The second-order valence-electron chi connectivity index (χ2n) is 10.1. The van der Waals surface area contributed by atoms with Crippen LogP contribution >= 0.6 is 0 Å². The van der Waals surface area contributed by atoms with Crippen molar-refractivity contribution in [2.24, 2.45) is 16.7 Å². The highest BCUT2D eigenvalue weighted by molar-refractivity contribution is 7.86. The summed E-state index contributed by atoms with van der Waals surface area (Å²) < 4.78 is 30.3. The number of carboxylic acids is 1. The van der Waals surface area contributed by atoms with Crippen molar-refractivity contribution < 1.29 is 27.3 Å². The van der Waals surface area contributed by atoms with E-state index in [9.17, 15) is 23.1 Å². The normalized spacial score (nSPS) is 24.3. The van der Waals surface area contributed by atoms with E-state index in [1.807, 2.05) is 58.0 Å². The van der Waals surface area contributed by atoms with E-state index in [2.05, 4.69) is 0 Å². The number of carbonyl (C=O) groups excluding carboxylic acids is 1. The Labute approximate surface area is 201 Å². The van der Waals surface area contributed by atoms with Gasteiger partial charge in [-0.1, -0.05) is 69.3 Å². The van der Waals surface area contributed by atoms with E-state index in [1.54, 1.807) is 30.0 Å². The minimum atomic E-state index is -4.01. The lowest BCUT2D eigenvalue weighted by atomic mass is 9.65. The third kappa shape index (κ3) is 4.74. The molecule has 2 unspecified atom stereocenters. The standard InChI is InChI=1S/C26H33NO6S/c1-18(19-12-8-6-9-13-19)27-22(28)21(26(5,24(29)30)23(27)25(2,3)4)16-17-33-34(31,32)20-14-10-7-11-15-20/h6-15,18,21,23H,16-17H2,1-5H3,(H,29,30)/t18-,21?,23?,26+/m1/s1. The van der Waals surface area contributed by atoms with Crippen molar-refractivity contribution in [1.82, 2.24) is 4.90 Å². The zero-order chi connectivity index (χ0) is 25.3. The van der Waals surface area contributed by atoms with E-state index in [0.29, 0.717) is 0 Å². The van der Waals surface area contributed by atoms with Gasteiger partial charge in [0.2, 0.25) is 5.91 Å². The molecule has 7 nitrogen and oxygen atoms in total. The zero-order valence-corrected chi connectivity index (χ0v) is 21.1. The summed E-state index contributed by atoms with van der Waals surface area (Å²) in [5.41, 5.74) is -1.07. The molecule has 3 rings (SSSR count). The maximum atomic E-state index is 13.8. The highest BCUT2D eigenvalue weighted by atomic mass is 32.2. The van der Waals surface area contributed by atoms with E-state index in [0.717, 1.165) is 5.56 Å². The average molecular weight is 488 g/mol. The Morgan fingerprint density at radius 2 is 1.62 bits per heavy atom. The van der Waals surface area contributed by atoms with Crippen molar-refractivity contribution in [1.29, 1.82) is 0 Å². The molecule has 0 saturated carbocycles. The van der Waals surface area contributed by atoms with Gasteiger partial charge in [-0.15, -0.1) is 0 Å². The highest BCUT2D eigenvalue weighted by Crippen LogP contribution is 2.53. The molecule has 1 amide bonds. The Balaban J connectivity index is 1.94. The van der Waals surface area contributed by atoms with Crippen LogP contribution in [0.15, 0.2) is 65.6 Å². The van der Waals surface area contributed by atoms with Gasteiger partial charge in [0.25, 0.3) is 10.1 Å². The lowest BCUT2D eigenvalue weighted by Gasteiger charge is -2.44. The van der Waals surface area contributed by atoms with Crippen molar-refractivity contribution in [3.05, 3.63) is 66.2 Å². The van der Waals surface area contributed by atoms with Crippen molar-refractivity contribution in [2.75, 3.05) is 6.61 Å². The molecular formula is C26H33NO6S. The molecule has 1 heterocycles. The van der Waals surface area contributed by atoms with E-state index >= 15 is 0 Å². The number of likely N-dealkylation sites (tertiary alicyclic amines) is 1. The first-order valence-corrected chi connectivity index (χ1v) is 12.8. The molecule has 184 valence electrons. The van der Waals surface area contributed by atoms with Crippen molar-refractivity contribution in [3.8, 4) is 0 Å². The van der Waals surface area contributed by atoms with E-state index in [1.165, 1.54) is 12.1 Å². The van der Waals surface area contributed by atoms with Gasteiger partial charge in [-0.25, -0.2) is 0 Å². The maximum absolute atomic E-state index is 13.8. The van der Waals surface area contributed by atoms with Gasteiger partial charge in [-0.2, -0.15) is 8.42 Å². The minimum Gasteiger partial charge on any atom is -0.481 e. The SMILES string of the molecule is C[C@H](c1ccccc1)N1C(=O)C(CCOS(=O)(=O)c2ccccc2)[C@](C)(C(=O)O)C1C(C)(C)C. The molecule has 34 heavy (non-hydrogen) atoms. The third-order valence-corrected chi connectivity index (χ3v) is 8.11. The van der Waals surface area contributed by atoms with Crippen LogP contribution in [0.2, 0.25) is 0 Å². The van der Waals surface area contributed by atoms with Crippen LogP contribution in [0, 0.1) is 16.7 Å². The number of carbonyl (C=O) groups is 2. The van der Waals surface area contributed by atoms with Crippen LogP contribution in [0.25, 0.3) is 0 Å². The zero-order valence-electron chi connectivity index (χ0n) is 20.3. The predicted molar refractivity (Wildman–Crippen MR) is 128 cm³/mol. The molecule has 1 fully saturated rings. The number of carboxylic acid groups (broad SMARTS) is 1. The number of nitrogens with zero attached hydrogens (tertiary/aromatic N) is 1. The first-order chi connectivity index (χ1) is 15.8. The van der Waals surface area contributed by atoms with Crippen LogP contribution in [0.5, 0.6) is 0 Å². The Morgan fingerprint density at radius 3 is 2.12 bits per heavy atom. The van der Waals surface area contributed by atoms with Gasteiger partial charge in [0.1, 0.15) is 0 Å². The third-order valence-electron chi connectivity index (χ3n) is 6.78. The Morgan fingerprint density at radius 1 is 1.09 bits per heavy atom. The van der Waals surface area contributed by atoms with E-state index < -0.39 is 38.9 Å². The highest BCUT2D eigenvalue weighted by Gasteiger charge is 2.64. The molecule has 0 aromatic heterocycles. The number of aliphatic carboxylic acids is 1. The lowest BCUT2D eigenvalue weighted by molar-refractivity contribution is -0.155. The molecule has 0 aliphatic carbocycles. The molecule has 1 aliphatic heterocycles. The van der Waals surface area contributed by atoms with Gasteiger partial charge in [0, 0.05) is 0 Å². The lowest BCUT2D eigenvalue weighted by Crippen LogP contribution is -2.52. The van der Waals surface area contributed by atoms with Gasteiger partial charge >= 0.3 is 5.97 Å². The Bertz CT molecular complexity index is 1130. The molecule has 2 aromatic carbocycles. The fraction of sp³-hybridized carbons (Fsp3) is 0.462. The summed E-state index contributed by atoms with van der Waals surface area (Å²) in [6.07, 6.45) is -0.0295. The fourth-order valence-corrected chi connectivity index (χ4v) is 6.23. The molecule has 4 atom stereocenters. The van der Waals surface area contributed by atoms with Crippen molar-refractivity contribution >= 4 is 22.0 Å². The summed E-state index contributed by atoms with van der Waals surface area (Å²) >= 11 is 0. The number of hydrogen-bond donors (Lipinski definition) is 1. The number of benzene rings is 2. The van der Waals surface area contributed by atoms with E-state index in [-0.39, 0.29) is 29.9 Å². The summed E-state index contributed by atoms with van der Waals surface area (Å²) in [4.78, 5) is 28.2. The molecule has 8 heteroatoms. The molecular weight excluding hydrogens is 454 g/mol. The second-order valence-corrected chi connectivity index (χ2v) is 11.7. The summed E-state index contributed by atoms with van der Waals surface area (Å²) in [6.45, 7) is 8.98. The van der Waals surface area contributed by atoms with Crippen LogP contribution in [0.1, 0.15) is 52.6 Å². The molecule has 1 aliphatic rings. The van der Waals surface area contributed by atoms with Crippen LogP contribution in [0.4, 0.5) is 0 Å². The number of hydrogen-bond acceptors (Lipinski definition) is 5. The summed E-state index contributed by atoms with van der Waals surface area (Å²) in [5.74, 6) is -2.33. The van der Waals surface area contributed by atoms with E-state index in [4.69, 9.17) is 4.18 Å². The Hall–Kier alpha value is -2.71. The average Bonchev–Trinajstić information content (AvgIpc) is 3.02. The summed E-state index contributed by atoms with van der Waals surface area (Å²) in [6, 6.07) is 16.3. The number of amides is 1. The molecule has 0 radical (unpaired) electrons. The van der Waals surface area contributed by atoms with Gasteiger partial charge in [-0.3, -0.25) is 13.8 Å². The topological polar surface area (TPSA) is 101 Å². The van der Waals surface area contributed by atoms with Crippen molar-refractivity contribution in [2.45, 2.75) is 58.0 Å². The van der Waals surface area contributed by atoms with Crippen LogP contribution < -0.4 is 0 Å². The van der Waals surface area contributed by atoms with Gasteiger partial charge in [0.05, 0.1) is 34.9 Å². The smallest absolute Gasteiger partial charge is 0.312 e. The molecule has 0 spiro atoms. The predicted octanol–water partition coefficient (Wildman–Crippen LogP) is 4.51. The molecule has 0 bridgehead atoms. The number of rotatable bonds is 8. The first-order valence-electron chi connectivity index (χ1n) is 11.4. The fourth-order valence-electron chi connectivity index (χ4n) is 5.29. The maximum Gasteiger partial charge on any atom is 0.312 e. The largest absolute Gasteiger partial charge is 0.481 e. The van der Waals surface area contributed by atoms with Gasteiger partial charge < -0.3 is 10.0 Å². The summed E-state index contributed by atoms with van der Waals surface area (Å²) in [5, 5.41) is 10.4. The Kier molecular flexibility index (Phi) is 7.24. The molecule has 1 saturated heterocycles. The summed E-state index contributed by atoms with van der Waals surface area (Å²) in [7, 11) is -4.01.